The van der Waals surface area contributed by atoms with Crippen LogP contribution in [0.5, 0.6) is 5.75 Å². The van der Waals surface area contributed by atoms with Crippen molar-refractivity contribution < 1.29 is 9.53 Å². The topological polar surface area (TPSA) is 67.3 Å². The van der Waals surface area contributed by atoms with E-state index in [9.17, 15) is 4.79 Å². The van der Waals surface area contributed by atoms with Crippen LogP contribution in [0.2, 0.25) is 0 Å². The zero-order valence-electron chi connectivity index (χ0n) is 15.2. The van der Waals surface area contributed by atoms with Gasteiger partial charge >= 0.3 is 6.03 Å². The van der Waals surface area contributed by atoms with Crippen LogP contribution in [-0.2, 0) is 13.1 Å². The van der Waals surface area contributed by atoms with Crippen LogP contribution >= 0.6 is 0 Å². The summed E-state index contributed by atoms with van der Waals surface area (Å²) in [6, 6.07) is 18.4. The largest absolute Gasteiger partial charge is 0.494 e. The Morgan fingerprint density at radius 2 is 1.52 bits per heavy atom. The van der Waals surface area contributed by atoms with Gasteiger partial charge in [-0.3, -0.25) is 9.97 Å². The van der Waals surface area contributed by atoms with E-state index in [2.05, 4.69) is 15.3 Å². The van der Waals surface area contributed by atoms with Gasteiger partial charge in [-0.2, -0.15) is 0 Å². The molecule has 0 bridgehead atoms. The second-order valence-electron chi connectivity index (χ2n) is 5.89. The smallest absolute Gasteiger partial charge is 0.322 e. The van der Waals surface area contributed by atoms with Gasteiger partial charge in [0.1, 0.15) is 5.75 Å². The zero-order valence-corrected chi connectivity index (χ0v) is 15.2. The highest BCUT2D eigenvalue weighted by atomic mass is 16.5. The second kappa shape index (κ2) is 9.33. The van der Waals surface area contributed by atoms with E-state index in [0.717, 1.165) is 17.1 Å². The molecule has 0 saturated heterocycles. The Kier molecular flexibility index (Phi) is 6.35. The summed E-state index contributed by atoms with van der Waals surface area (Å²) in [5.41, 5.74) is 2.33. The van der Waals surface area contributed by atoms with Gasteiger partial charge in [0.25, 0.3) is 0 Å². The number of nitrogens with one attached hydrogen (secondary N) is 1. The molecule has 2 heterocycles. The number of hydrogen-bond acceptors (Lipinski definition) is 4. The molecule has 0 aliphatic heterocycles. The molecule has 3 aromatic rings. The Balaban J connectivity index is 1.73. The van der Waals surface area contributed by atoms with Gasteiger partial charge in [0.2, 0.25) is 0 Å². The maximum Gasteiger partial charge on any atom is 0.322 e. The fourth-order valence-corrected chi connectivity index (χ4v) is 2.58. The highest BCUT2D eigenvalue weighted by Crippen LogP contribution is 2.17. The van der Waals surface area contributed by atoms with Gasteiger partial charge in [-0.1, -0.05) is 12.1 Å². The fraction of sp³-hybridized carbons (Fsp3) is 0.190. The van der Waals surface area contributed by atoms with Crippen molar-refractivity contribution in [2.75, 3.05) is 11.9 Å². The van der Waals surface area contributed by atoms with Gasteiger partial charge < -0.3 is 15.0 Å². The van der Waals surface area contributed by atoms with Gasteiger partial charge in [-0.25, -0.2) is 4.79 Å². The van der Waals surface area contributed by atoms with Crippen molar-refractivity contribution in [3.05, 3.63) is 84.4 Å². The number of aromatic nitrogens is 2. The normalized spacial score (nSPS) is 10.3. The summed E-state index contributed by atoms with van der Waals surface area (Å²) < 4.78 is 5.43. The molecule has 27 heavy (non-hydrogen) atoms. The highest BCUT2D eigenvalue weighted by molar-refractivity contribution is 5.89. The Hall–Kier alpha value is -3.41. The van der Waals surface area contributed by atoms with Crippen molar-refractivity contribution in [3.63, 3.8) is 0 Å². The first-order valence-electron chi connectivity index (χ1n) is 8.83. The van der Waals surface area contributed by atoms with Crippen LogP contribution in [0, 0.1) is 0 Å². The third kappa shape index (κ3) is 5.54. The van der Waals surface area contributed by atoms with E-state index in [0.29, 0.717) is 25.4 Å². The van der Waals surface area contributed by atoms with Crippen LogP contribution in [0.25, 0.3) is 0 Å². The minimum absolute atomic E-state index is 0.213. The van der Waals surface area contributed by atoms with Gasteiger partial charge in [0.15, 0.2) is 0 Å². The van der Waals surface area contributed by atoms with E-state index in [1.807, 2.05) is 67.6 Å². The van der Waals surface area contributed by atoms with Crippen molar-refractivity contribution >= 4 is 11.7 Å². The van der Waals surface area contributed by atoms with Gasteiger partial charge in [0, 0.05) is 18.1 Å². The fourth-order valence-electron chi connectivity index (χ4n) is 2.58. The first kappa shape index (κ1) is 18.4. The Bertz CT molecular complexity index is 798. The molecule has 0 radical (unpaired) electrons. The van der Waals surface area contributed by atoms with Crippen molar-refractivity contribution in [2.45, 2.75) is 20.0 Å². The average molecular weight is 362 g/mol. The van der Waals surface area contributed by atoms with Crippen LogP contribution in [-0.4, -0.2) is 27.5 Å². The molecule has 0 spiro atoms. The van der Waals surface area contributed by atoms with Gasteiger partial charge in [-0.15, -0.1) is 0 Å². The number of carbonyl (C=O) groups is 1. The van der Waals surface area contributed by atoms with Crippen LogP contribution < -0.4 is 10.1 Å². The summed E-state index contributed by atoms with van der Waals surface area (Å²) in [5, 5.41) is 2.93. The Morgan fingerprint density at radius 3 is 2.00 bits per heavy atom. The molecule has 0 aliphatic carbocycles. The van der Waals surface area contributed by atoms with Gasteiger partial charge in [-0.05, 0) is 55.5 Å². The van der Waals surface area contributed by atoms with E-state index in [-0.39, 0.29) is 6.03 Å². The number of rotatable bonds is 7. The number of urea groups is 1. The number of pyridine rings is 2. The quantitative estimate of drug-likeness (QED) is 0.687. The van der Waals surface area contributed by atoms with Crippen LogP contribution in [0.4, 0.5) is 10.5 Å². The predicted octanol–water partition coefficient (Wildman–Crippen LogP) is 4.11. The molecule has 0 fully saturated rings. The summed E-state index contributed by atoms with van der Waals surface area (Å²) in [7, 11) is 0. The second-order valence-corrected chi connectivity index (χ2v) is 5.89. The average Bonchev–Trinajstić information content (AvgIpc) is 2.71. The molecule has 0 unspecified atom stereocenters. The van der Waals surface area contributed by atoms with Crippen LogP contribution in [0.1, 0.15) is 18.3 Å². The molecule has 0 aliphatic rings. The summed E-state index contributed by atoms with van der Waals surface area (Å²) >= 11 is 0. The third-order valence-electron chi connectivity index (χ3n) is 3.86. The molecule has 2 aromatic heterocycles. The van der Waals surface area contributed by atoms with Crippen molar-refractivity contribution in [3.8, 4) is 5.75 Å². The van der Waals surface area contributed by atoms with Crippen molar-refractivity contribution in [2.24, 2.45) is 0 Å². The van der Waals surface area contributed by atoms with Crippen molar-refractivity contribution in [1.82, 2.24) is 14.9 Å². The number of ether oxygens (including phenoxy) is 1. The first-order valence-corrected chi connectivity index (χ1v) is 8.83. The van der Waals surface area contributed by atoms with Gasteiger partial charge in [0.05, 0.1) is 31.1 Å². The summed E-state index contributed by atoms with van der Waals surface area (Å²) in [4.78, 5) is 23.2. The molecule has 1 N–H and O–H groups in total. The maximum absolute atomic E-state index is 12.9. The number of benzene rings is 1. The molecule has 1 aromatic carbocycles. The number of amides is 2. The molecule has 6 nitrogen and oxygen atoms in total. The number of anilines is 1. The molecule has 0 atom stereocenters. The van der Waals surface area contributed by atoms with E-state index in [1.54, 1.807) is 17.3 Å². The molecule has 6 heteroatoms. The minimum Gasteiger partial charge on any atom is -0.494 e. The lowest BCUT2D eigenvalue weighted by molar-refractivity contribution is 0.205. The number of carbonyl (C=O) groups excluding carboxylic acids is 1. The Morgan fingerprint density at radius 1 is 0.926 bits per heavy atom. The summed E-state index contributed by atoms with van der Waals surface area (Å²) in [5.74, 6) is 0.773. The number of hydrogen-bond donors (Lipinski definition) is 1. The lowest BCUT2D eigenvalue weighted by atomic mass is 10.3. The monoisotopic (exact) mass is 362 g/mol. The lowest BCUT2D eigenvalue weighted by Crippen LogP contribution is -2.34. The molecule has 138 valence electrons. The highest BCUT2D eigenvalue weighted by Gasteiger charge is 2.16. The molecule has 2 amide bonds. The van der Waals surface area contributed by atoms with E-state index >= 15 is 0 Å². The third-order valence-corrected chi connectivity index (χ3v) is 3.86. The summed E-state index contributed by atoms with van der Waals surface area (Å²) in [6.45, 7) is 3.32. The standard InChI is InChI=1S/C21H22N4O2/c1-2-27-20-11-9-17(10-12-20)24-21(26)25(15-18-7-3-5-13-22-18)16-19-8-4-6-14-23-19/h3-14H,2,15-16H2,1H3,(H,24,26). The predicted molar refractivity (Wildman–Crippen MR) is 104 cm³/mol. The molecule has 0 saturated carbocycles. The Labute approximate surface area is 158 Å². The zero-order chi connectivity index (χ0) is 18.9. The number of nitrogens with zero attached hydrogens (tertiary/aromatic N) is 3. The summed E-state index contributed by atoms with van der Waals surface area (Å²) in [6.07, 6.45) is 3.44. The maximum atomic E-state index is 12.9. The lowest BCUT2D eigenvalue weighted by Gasteiger charge is -2.22. The van der Waals surface area contributed by atoms with Crippen LogP contribution in [0.3, 0.4) is 0 Å². The molecular formula is C21H22N4O2. The molecular weight excluding hydrogens is 340 g/mol. The van der Waals surface area contributed by atoms with Crippen LogP contribution in [0.15, 0.2) is 73.1 Å². The van der Waals surface area contributed by atoms with E-state index in [1.165, 1.54) is 0 Å². The first-order chi connectivity index (χ1) is 13.2. The SMILES string of the molecule is CCOc1ccc(NC(=O)N(Cc2ccccn2)Cc2ccccn2)cc1. The minimum atomic E-state index is -0.213. The van der Waals surface area contributed by atoms with E-state index < -0.39 is 0 Å². The van der Waals surface area contributed by atoms with E-state index in [4.69, 9.17) is 4.74 Å². The van der Waals surface area contributed by atoms with Crippen molar-refractivity contribution in [1.29, 1.82) is 0 Å². The molecule has 3 rings (SSSR count).